The van der Waals surface area contributed by atoms with E-state index in [0.717, 1.165) is 30.3 Å². The van der Waals surface area contributed by atoms with Crippen molar-refractivity contribution in [3.8, 4) is 0 Å². The van der Waals surface area contributed by atoms with E-state index in [1.54, 1.807) is 0 Å². The highest BCUT2D eigenvalue weighted by molar-refractivity contribution is 5.66. The second kappa shape index (κ2) is 6.73. The van der Waals surface area contributed by atoms with Crippen LogP contribution in [0.3, 0.4) is 0 Å². The van der Waals surface area contributed by atoms with E-state index in [0.29, 0.717) is 18.0 Å². The summed E-state index contributed by atoms with van der Waals surface area (Å²) in [5.41, 5.74) is 3.78. The maximum absolute atomic E-state index is 12.1. The molecule has 5 heteroatoms. The summed E-state index contributed by atoms with van der Waals surface area (Å²) < 4.78 is 0.769. The molecule has 5 aliphatic heterocycles. The van der Waals surface area contributed by atoms with Crippen molar-refractivity contribution in [2.24, 2.45) is 17.8 Å². The van der Waals surface area contributed by atoms with Gasteiger partial charge in [-0.15, -0.1) is 0 Å². The summed E-state index contributed by atoms with van der Waals surface area (Å²) >= 11 is 0. The number of hydrogen-bond acceptors (Lipinski definition) is 3. The number of anilines is 1. The molecule has 5 heterocycles. The number of aliphatic hydroxyl groups is 2. The molecule has 3 unspecified atom stereocenters. The van der Waals surface area contributed by atoms with Crippen LogP contribution in [0.4, 0.5) is 5.69 Å². The zero-order chi connectivity index (χ0) is 21.1. The van der Waals surface area contributed by atoms with Crippen LogP contribution in [-0.2, 0) is 12.0 Å². The summed E-state index contributed by atoms with van der Waals surface area (Å²) in [6.07, 6.45) is 2.47. The Morgan fingerprint density at radius 2 is 1.75 bits per heavy atom. The van der Waals surface area contributed by atoms with E-state index in [-0.39, 0.29) is 48.0 Å². The van der Waals surface area contributed by atoms with Gasteiger partial charge in [0.15, 0.2) is 6.23 Å². The van der Waals surface area contributed by atoms with Crippen LogP contribution in [-0.4, -0.2) is 52.2 Å². The van der Waals surface area contributed by atoms with Crippen molar-refractivity contribution < 1.29 is 27.1 Å². The molecule has 4 nitrogen and oxygen atoms in total. The largest absolute Gasteiger partial charge is 1.00 e. The van der Waals surface area contributed by atoms with E-state index in [1.165, 1.54) is 16.8 Å². The summed E-state index contributed by atoms with van der Waals surface area (Å²) in [6.45, 7) is 3.11. The Hall–Kier alpha value is -1.59. The van der Waals surface area contributed by atoms with Gasteiger partial charge in [0.2, 0.25) is 0 Å². The zero-order valence-electron chi connectivity index (χ0n) is 18.8. The van der Waals surface area contributed by atoms with Gasteiger partial charge in [-0.05, 0) is 24.0 Å². The van der Waals surface area contributed by atoms with E-state index in [1.807, 2.05) is 0 Å². The summed E-state index contributed by atoms with van der Waals surface area (Å²) in [6, 6.07) is 20.5. The monoisotopic (exact) mass is 452 g/mol. The van der Waals surface area contributed by atoms with Gasteiger partial charge in [0.25, 0.3) is 0 Å². The molecule has 4 saturated heterocycles. The quantitative estimate of drug-likeness (QED) is 0.657. The van der Waals surface area contributed by atoms with Gasteiger partial charge in [-0.3, -0.25) is 4.48 Å². The van der Waals surface area contributed by atoms with Gasteiger partial charge in [0.1, 0.15) is 12.6 Å². The number of aliphatic hydroxyl groups excluding tert-OH is 2. The molecule has 170 valence electrons. The number of para-hydroxylation sites is 1. The highest BCUT2D eigenvalue weighted by atomic mass is 35.5. The zero-order valence-corrected chi connectivity index (χ0v) is 19.6. The fourth-order valence-electron chi connectivity index (χ4n) is 9.60. The molecule has 1 spiro atoms. The van der Waals surface area contributed by atoms with Gasteiger partial charge in [-0.25, -0.2) is 0 Å². The van der Waals surface area contributed by atoms with Crippen molar-refractivity contribution >= 4 is 5.69 Å². The Morgan fingerprint density at radius 1 is 1.03 bits per heavy atom. The van der Waals surface area contributed by atoms with Gasteiger partial charge in [-0.1, -0.05) is 55.5 Å². The predicted molar refractivity (Wildman–Crippen MR) is 120 cm³/mol. The summed E-state index contributed by atoms with van der Waals surface area (Å²) in [4.78, 5) is 2.47. The van der Waals surface area contributed by atoms with Crippen molar-refractivity contribution in [3.05, 3.63) is 65.7 Å². The lowest BCUT2D eigenvalue weighted by Crippen LogP contribution is -3.00. The van der Waals surface area contributed by atoms with Gasteiger partial charge in [0, 0.05) is 43.0 Å². The number of fused-ring (bicyclic) bond motifs is 2. The number of likely N-dealkylation sites (N-methyl/N-ethyl adjacent to an activating group) is 1. The molecule has 1 aliphatic carbocycles. The highest BCUT2D eigenvalue weighted by Crippen LogP contribution is 2.71. The van der Waals surface area contributed by atoms with E-state index in [9.17, 15) is 10.2 Å². The first-order chi connectivity index (χ1) is 15.1. The average Bonchev–Trinajstić information content (AvgIpc) is 3.18. The molecule has 0 aromatic heterocycles. The van der Waals surface area contributed by atoms with Gasteiger partial charge in [-0.2, -0.15) is 0 Å². The van der Waals surface area contributed by atoms with Crippen LogP contribution in [0.15, 0.2) is 54.6 Å². The third kappa shape index (κ3) is 2.08. The minimum atomic E-state index is -0.337. The number of nitrogens with zero attached hydrogens (tertiary/aromatic N) is 2. The van der Waals surface area contributed by atoms with Gasteiger partial charge >= 0.3 is 0 Å². The van der Waals surface area contributed by atoms with Crippen molar-refractivity contribution in [3.63, 3.8) is 0 Å². The summed E-state index contributed by atoms with van der Waals surface area (Å²) in [5.74, 6) is 1.01. The lowest BCUT2D eigenvalue weighted by atomic mass is 9.60. The van der Waals surface area contributed by atoms with E-state index in [2.05, 4.69) is 73.5 Å². The molecule has 32 heavy (non-hydrogen) atoms. The average molecular weight is 453 g/mol. The first kappa shape index (κ1) is 21.0. The van der Waals surface area contributed by atoms with Gasteiger partial charge in [0.05, 0.1) is 23.6 Å². The Balaban J connectivity index is 0.00000196. The third-order valence-corrected chi connectivity index (χ3v) is 10.4. The molecule has 2 aromatic rings. The van der Waals surface area contributed by atoms with Crippen LogP contribution in [0.5, 0.6) is 0 Å². The molecular weight excluding hydrogens is 420 g/mol. The minimum absolute atomic E-state index is 0. The second-order valence-corrected chi connectivity index (χ2v) is 11.0. The van der Waals surface area contributed by atoms with Crippen LogP contribution < -0.4 is 17.3 Å². The molecule has 5 fully saturated rings. The predicted octanol–water partition coefficient (Wildman–Crippen LogP) is 0.274. The smallest absolute Gasteiger partial charge is 0.194 e. The normalized spacial score (nSPS) is 46.7. The number of rotatable bonds is 3. The van der Waals surface area contributed by atoms with Crippen LogP contribution in [0.1, 0.15) is 37.3 Å². The van der Waals surface area contributed by atoms with Crippen molar-refractivity contribution in [1.82, 2.24) is 0 Å². The molecule has 0 amide bonds. The van der Waals surface area contributed by atoms with Crippen molar-refractivity contribution in [2.75, 3.05) is 11.9 Å². The minimum Gasteiger partial charge on any atom is -1.00 e. The van der Waals surface area contributed by atoms with Crippen LogP contribution >= 0.6 is 0 Å². The van der Waals surface area contributed by atoms with E-state index >= 15 is 0 Å². The van der Waals surface area contributed by atoms with Gasteiger partial charge < -0.3 is 27.5 Å². The van der Waals surface area contributed by atoms with Crippen LogP contribution in [0.2, 0.25) is 0 Å². The Kier molecular flexibility index (Phi) is 4.41. The van der Waals surface area contributed by atoms with Crippen LogP contribution in [0.25, 0.3) is 0 Å². The number of benzene rings is 2. The summed E-state index contributed by atoms with van der Waals surface area (Å²) in [5, 5.41) is 24.1. The SMILES string of the molecule is CC[C@H]1C2C[C@H]3[C@@H]4N(C)c5ccccc5C45C[C@@H](C2[C@H]5O)[N@@+]3(Cc2ccccc2)[C@@H]1O.[Cl-]. The van der Waals surface area contributed by atoms with Crippen molar-refractivity contribution in [1.29, 1.82) is 0 Å². The third-order valence-electron chi connectivity index (χ3n) is 10.4. The number of hydrogen-bond donors (Lipinski definition) is 2. The maximum atomic E-state index is 12.1. The molecule has 1 saturated carbocycles. The molecule has 2 N–H and O–H groups in total. The first-order valence-electron chi connectivity index (χ1n) is 12.1. The van der Waals surface area contributed by atoms with Crippen LogP contribution in [0, 0.1) is 17.8 Å². The molecule has 2 aromatic carbocycles. The van der Waals surface area contributed by atoms with Crippen molar-refractivity contribution in [2.45, 2.75) is 68.6 Å². The molecule has 5 bridgehead atoms. The molecule has 6 aliphatic rings. The first-order valence-corrected chi connectivity index (χ1v) is 12.1. The number of halogens is 1. The highest BCUT2D eigenvalue weighted by Gasteiger charge is 2.82. The fraction of sp³-hybridized carbons (Fsp3) is 0.556. The standard InChI is InChI=1S/C27H33N2O2.ClH/c1-3-17-18-13-21-24-27(19-11-7-8-12-20(19)28(24)2)14-22(23(18)25(27)30)29(21,26(17)31)15-16-9-5-4-6-10-16;/h4-12,17-18,21-26,30-31H,3,13-15H2,1-2H3;1H/q+1;/p-1/t17-,18?,21-,22-,23?,24-,25+,26+,27?,29-;/m0./s1. The Bertz CT molecular complexity index is 1050. The second-order valence-electron chi connectivity index (χ2n) is 11.0. The van der Waals surface area contributed by atoms with E-state index < -0.39 is 0 Å². The fourth-order valence-corrected chi connectivity index (χ4v) is 9.60. The lowest BCUT2D eigenvalue weighted by molar-refractivity contribution is -1.05. The number of piperidine rings is 4. The topological polar surface area (TPSA) is 43.7 Å². The summed E-state index contributed by atoms with van der Waals surface area (Å²) in [7, 11) is 2.23. The van der Waals surface area contributed by atoms with E-state index in [4.69, 9.17) is 0 Å². The Morgan fingerprint density at radius 3 is 2.50 bits per heavy atom. The molecular formula is C27H33ClN2O2. The molecule has 8 rings (SSSR count). The molecule has 0 radical (unpaired) electrons. The lowest BCUT2D eigenvalue weighted by Gasteiger charge is -2.68. The number of quaternary nitrogens is 1. The maximum Gasteiger partial charge on any atom is 0.194 e. The Labute approximate surface area is 196 Å². The molecule has 10 atom stereocenters.